The van der Waals surface area contributed by atoms with Crippen molar-refractivity contribution in [3.63, 3.8) is 0 Å². The molecular formula is C14H21NO. The average molecular weight is 219 g/mol. The molecule has 1 aliphatic heterocycles. The molecule has 2 rings (SSSR count). The molecule has 1 heterocycles. The molecule has 0 amide bonds. The van der Waals surface area contributed by atoms with E-state index in [0.717, 1.165) is 26.3 Å². The third-order valence-electron chi connectivity index (χ3n) is 3.35. The van der Waals surface area contributed by atoms with Gasteiger partial charge in [-0.25, -0.2) is 0 Å². The van der Waals surface area contributed by atoms with Crippen molar-refractivity contribution in [3.05, 3.63) is 34.9 Å². The van der Waals surface area contributed by atoms with Crippen molar-refractivity contribution in [2.45, 2.75) is 27.3 Å². The standard InChI is InChI=1S/C14H21NO/c1-11-4-5-13(6-12(11)2)7-15-8-14(3)9-16-10-14/h4-6,15H,7-10H2,1-3H3. The van der Waals surface area contributed by atoms with Crippen molar-refractivity contribution in [2.75, 3.05) is 19.8 Å². The summed E-state index contributed by atoms with van der Waals surface area (Å²) in [6, 6.07) is 6.66. The highest BCUT2D eigenvalue weighted by Crippen LogP contribution is 2.25. The van der Waals surface area contributed by atoms with Gasteiger partial charge in [0.15, 0.2) is 0 Å². The van der Waals surface area contributed by atoms with E-state index in [0.29, 0.717) is 5.41 Å². The monoisotopic (exact) mass is 219 g/mol. The number of benzene rings is 1. The molecule has 2 nitrogen and oxygen atoms in total. The van der Waals surface area contributed by atoms with Gasteiger partial charge in [0.2, 0.25) is 0 Å². The molecular weight excluding hydrogens is 198 g/mol. The van der Waals surface area contributed by atoms with Gasteiger partial charge in [-0.05, 0) is 30.5 Å². The van der Waals surface area contributed by atoms with E-state index in [4.69, 9.17) is 4.74 Å². The van der Waals surface area contributed by atoms with Gasteiger partial charge in [-0.3, -0.25) is 0 Å². The van der Waals surface area contributed by atoms with Gasteiger partial charge < -0.3 is 10.1 Å². The van der Waals surface area contributed by atoms with E-state index < -0.39 is 0 Å². The predicted molar refractivity (Wildman–Crippen MR) is 66.5 cm³/mol. The zero-order chi connectivity index (χ0) is 11.6. The Labute approximate surface area is 98.0 Å². The van der Waals surface area contributed by atoms with E-state index in [1.807, 2.05) is 0 Å². The molecule has 88 valence electrons. The quantitative estimate of drug-likeness (QED) is 0.839. The van der Waals surface area contributed by atoms with Gasteiger partial charge in [-0.2, -0.15) is 0 Å². The van der Waals surface area contributed by atoms with Gasteiger partial charge in [-0.1, -0.05) is 25.1 Å². The Morgan fingerprint density at radius 3 is 2.56 bits per heavy atom. The molecule has 1 N–H and O–H groups in total. The summed E-state index contributed by atoms with van der Waals surface area (Å²) in [5.41, 5.74) is 4.47. The summed E-state index contributed by atoms with van der Waals surface area (Å²) in [6.45, 7) is 10.4. The first-order chi connectivity index (χ1) is 7.59. The lowest BCUT2D eigenvalue weighted by Crippen LogP contribution is -2.47. The summed E-state index contributed by atoms with van der Waals surface area (Å²) in [7, 11) is 0. The van der Waals surface area contributed by atoms with Crippen LogP contribution in [0.3, 0.4) is 0 Å². The molecule has 0 radical (unpaired) electrons. The normalized spacial score (nSPS) is 18.2. The lowest BCUT2D eigenvalue weighted by atomic mass is 9.89. The van der Waals surface area contributed by atoms with Crippen molar-refractivity contribution >= 4 is 0 Å². The lowest BCUT2D eigenvalue weighted by molar-refractivity contribution is -0.0991. The minimum atomic E-state index is 0.361. The molecule has 1 aromatic rings. The fourth-order valence-electron chi connectivity index (χ4n) is 1.97. The highest BCUT2D eigenvalue weighted by atomic mass is 16.5. The topological polar surface area (TPSA) is 21.3 Å². The van der Waals surface area contributed by atoms with E-state index in [1.165, 1.54) is 16.7 Å². The summed E-state index contributed by atoms with van der Waals surface area (Å²) in [5.74, 6) is 0. The Balaban J connectivity index is 1.83. The maximum Gasteiger partial charge on any atom is 0.0554 e. The van der Waals surface area contributed by atoms with Crippen LogP contribution in [0.15, 0.2) is 18.2 Å². The minimum absolute atomic E-state index is 0.361. The van der Waals surface area contributed by atoms with E-state index in [-0.39, 0.29) is 0 Å². The summed E-state index contributed by atoms with van der Waals surface area (Å²) in [6.07, 6.45) is 0. The Kier molecular flexibility index (Phi) is 3.31. The average Bonchev–Trinajstić information content (AvgIpc) is 2.21. The van der Waals surface area contributed by atoms with Crippen LogP contribution in [-0.4, -0.2) is 19.8 Å². The third kappa shape index (κ3) is 2.63. The van der Waals surface area contributed by atoms with Crippen LogP contribution in [0.4, 0.5) is 0 Å². The fourth-order valence-corrected chi connectivity index (χ4v) is 1.97. The Morgan fingerprint density at radius 2 is 2.00 bits per heavy atom. The smallest absolute Gasteiger partial charge is 0.0554 e. The third-order valence-corrected chi connectivity index (χ3v) is 3.35. The highest BCUT2D eigenvalue weighted by Gasteiger charge is 2.32. The second kappa shape index (κ2) is 4.56. The number of rotatable bonds is 4. The summed E-state index contributed by atoms with van der Waals surface area (Å²) >= 11 is 0. The summed E-state index contributed by atoms with van der Waals surface area (Å²) in [4.78, 5) is 0. The zero-order valence-electron chi connectivity index (χ0n) is 10.5. The van der Waals surface area contributed by atoms with Crippen molar-refractivity contribution < 1.29 is 4.74 Å². The Hall–Kier alpha value is -0.860. The number of hydrogen-bond acceptors (Lipinski definition) is 2. The van der Waals surface area contributed by atoms with Crippen LogP contribution >= 0.6 is 0 Å². The molecule has 0 saturated carbocycles. The van der Waals surface area contributed by atoms with E-state index in [9.17, 15) is 0 Å². The molecule has 2 heteroatoms. The maximum absolute atomic E-state index is 5.24. The SMILES string of the molecule is Cc1ccc(CNCC2(C)COC2)cc1C. The molecule has 1 aromatic carbocycles. The van der Waals surface area contributed by atoms with Crippen LogP contribution in [0, 0.1) is 19.3 Å². The molecule has 16 heavy (non-hydrogen) atoms. The second-order valence-electron chi connectivity index (χ2n) is 5.33. The predicted octanol–water partition coefficient (Wildman–Crippen LogP) is 2.43. The molecule has 0 bridgehead atoms. The molecule has 0 unspecified atom stereocenters. The molecule has 0 aliphatic carbocycles. The second-order valence-corrected chi connectivity index (χ2v) is 5.33. The van der Waals surface area contributed by atoms with E-state index in [1.54, 1.807) is 0 Å². The number of nitrogens with one attached hydrogen (secondary N) is 1. The van der Waals surface area contributed by atoms with Crippen LogP contribution in [0.1, 0.15) is 23.6 Å². The molecule has 0 spiro atoms. The number of hydrogen-bond donors (Lipinski definition) is 1. The minimum Gasteiger partial charge on any atom is -0.380 e. The van der Waals surface area contributed by atoms with Gasteiger partial charge in [0.25, 0.3) is 0 Å². The van der Waals surface area contributed by atoms with Crippen molar-refractivity contribution in [1.82, 2.24) is 5.32 Å². The fraction of sp³-hybridized carbons (Fsp3) is 0.571. The lowest BCUT2D eigenvalue weighted by Gasteiger charge is -2.38. The van der Waals surface area contributed by atoms with Crippen LogP contribution in [0.25, 0.3) is 0 Å². The van der Waals surface area contributed by atoms with Crippen molar-refractivity contribution in [3.8, 4) is 0 Å². The molecule has 1 aliphatic rings. The summed E-state index contributed by atoms with van der Waals surface area (Å²) < 4.78 is 5.24. The number of aryl methyl sites for hydroxylation is 2. The Bertz CT molecular complexity index is 369. The first-order valence-electron chi connectivity index (χ1n) is 5.94. The molecule has 0 aromatic heterocycles. The van der Waals surface area contributed by atoms with Crippen LogP contribution in [-0.2, 0) is 11.3 Å². The van der Waals surface area contributed by atoms with E-state index in [2.05, 4.69) is 44.3 Å². The first kappa shape index (κ1) is 11.6. The van der Waals surface area contributed by atoms with Gasteiger partial charge in [0, 0.05) is 18.5 Å². The van der Waals surface area contributed by atoms with Crippen molar-refractivity contribution in [2.24, 2.45) is 5.41 Å². The van der Waals surface area contributed by atoms with Crippen LogP contribution < -0.4 is 5.32 Å². The van der Waals surface area contributed by atoms with Gasteiger partial charge >= 0.3 is 0 Å². The maximum atomic E-state index is 5.24. The van der Waals surface area contributed by atoms with Crippen LogP contribution in [0.2, 0.25) is 0 Å². The van der Waals surface area contributed by atoms with Crippen LogP contribution in [0.5, 0.6) is 0 Å². The highest BCUT2D eigenvalue weighted by molar-refractivity contribution is 5.29. The number of ether oxygens (including phenoxy) is 1. The zero-order valence-corrected chi connectivity index (χ0v) is 10.5. The molecule has 0 atom stereocenters. The van der Waals surface area contributed by atoms with Gasteiger partial charge in [0.05, 0.1) is 13.2 Å². The summed E-state index contributed by atoms with van der Waals surface area (Å²) in [5, 5.41) is 3.51. The first-order valence-corrected chi connectivity index (χ1v) is 5.94. The largest absolute Gasteiger partial charge is 0.380 e. The molecule has 1 saturated heterocycles. The Morgan fingerprint density at radius 1 is 1.25 bits per heavy atom. The molecule has 1 fully saturated rings. The van der Waals surface area contributed by atoms with Crippen molar-refractivity contribution in [1.29, 1.82) is 0 Å². The van der Waals surface area contributed by atoms with Gasteiger partial charge in [0.1, 0.15) is 0 Å². The van der Waals surface area contributed by atoms with Gasteiger partial charge in [-0.15, -0.1) is 0 Å². The van der Waals surface area contributed by atoms with E-state index >= 15 is 0 Å².